The van der Waals surface area contributed by atoms with Crippen LogP contribution in [0.1, 0.15) is 5.69 Å². The summed E-state index contributed by atoms with van der Waals surface area (Å²) in [5.74, 6) is 1.24. The van der Waals surface area contributed by atoms with Crippen molar-refractivity contribution in [2.75, 3.05) is 18.5 Å². The highest BCUT2D eigenvalue weighted by Gasteiger charge is 2.27. The average Bonchev–Trinajstić information content (AvgIpc) is 3.49. The molecule has 0 N–H and O–H groups in total. The van der Waals surface area contributed by atoms with Crippen LogP contribution < -0.4 is 13.8 Å². The Labute approximate surface area is 188 Å². The number of aromatic nitrogens is 2. The molecule has 2 aromatic heterocycles. The fourth-order valence-corrected chi connectivity index (χ4v) is 6.03. The van der Waals surface area contributed by atoms with E-state index in [0.717, 1.165) is 10.6 Å². The molecule has 31 heavy (non-hydrogen) atoms. The molecule has 7 nitrogen and oxygen atoms in total. The maximum atomic E-state index is 13.3. The van der Waals surface area contributed by atoms with Gasteiger partial charge in [0.05, 0.1) is 31.4 Å². The summed E-state index contributed by atoms with van der Waals surface area (Å²) in [4.78, 5) is 9.09. The summed E-state index contributed by atoms with van der Waals surface area (Å²) in [5.41, 5.74) is 1.49. The van der Waals surface area contributed by atoms with Crippen molar-refractivity contribution in [2.24, 2.45) is 0 Å². The first-order chi connectivity index (χ1) is 15.0. The van der Waals surface area contributed by atoms with E-state index in [4.69, 9.17) is 9.47 Å². The minimum absolute atomic E-state index is 0.0779. The zero-order chi connectivity index (χ0) is 21.8. The van der Waals surface area contributed by atoms with Gasteiger partial charge in [-0.3, -0.25) is 0 Å². The molecule has 0 aliphatic carbocycles. The lowest BCUT2D eigenvalue weighted by Crippen LogP contribution is -2.30. The number of hydrogen-bond donors (Lipinski definition) is 0. The Balaban J connectivity index is 1.66. The second kappa shape index (κ2) is 9.04. The zero-order valence-corrected chi connectivity index (χ0v) is 19.2. The molecule has 10 heteroatoms. The Morgan fingerprint density at radius 1 is 1.00 bits per heavy atom. The van der Waals surface area contributed by atoms with Crippen molar-refractivity contribution in [3.8, 4) is 22.1 Å². The first kappa shape index (κ1) is 21.3. The number of thiazole rings is 2. The number of hydrogen-bond acceptors (Lipinski definition) is 8. The highest BCUT2D eigenvalue weighted by molar-refractivity contribution is 7.93. The number of anilines is 1. The third kappa shape index (κ3) is 4.41. The van der Waals surface area contributed by atoms with E-state index >= 15 is 0 Å². The summed E-state index contributed by atoms with van der Waals surface area (Å²) in [6.07, 6.45) is 1.59. The molecule has 0 saturated carbocycles. The summed E-state index contributed by atoms with van der Waals surface area (Å²) in [5, 5.41) is 4.75. The fraction of sp³-hybridized carbons (Fsp3) is 0.143. The number of ether oxygens (including phenoxy) is 2. The highest BCUT2D eigenvalue weighted by Crippen LogP contribution is 2.34. The van der Waals surface area contributed by atoms with Crippen molar-refractivity contribution < 1.29 is 17.9 Å². The Bertz CT molecular complexity index is 1260. The van der Waals surface area contributed by atoms with Gasteiger partial charge >= 0.3 is 0 Å². The number of methoxy groups -OCH3 is 2. The van der Waals surface area contributed by atoms with E-state index in [2.05, 4.69) is 9.97 Å². The standard InChI is InChI=1S/C21H19N3O4S3/c1-27-18-9-8-15(12-19(18)28-2)20-23-16(14-30-20)13-24(21-22-10-11-29-21)31(25,26)17-6-4-3-5-7-17/h3-12,14H,13H2,1-2H3. The summed E-state index contributed by atoms with van der Waals surface area (Å²) in [6.45, 7) is 0.0779. The Morgan fingerprint density at radius 2 is 1.77 bits per heavy atom. The van der Waals surface area contributed by atoms with E-state index in [-0.39, 0.29) is 11.4 Å². The van der Waals surface area contributed by atoms with Crippen LogP contribution in [0.4, 0.5) is 5.13 Å². The maximum absolute atomic E-state index is 13.3. The minimum atomic E-state index is -3.79. The molecule has 160 valence electrons. The highest BCUT2D eigenvalue weighted by atomic mass is 32.2. The van der Waals surface area contributed by atoms with Crippen LogP contribution in [0.3, 0.4) is 0 Å². The molecule has 0 atom stereocenters. The minimum Gasteiger partial charge on any atom is -0.493 e. The predicted octanol–water partition coefficient (Wildman–Crippen LogP) is 4.68. The van der Waals surface area contributed by atoms with Gasteiger partial charge < -0.3 is 9.47 Å². The molecule has 0 bridgehead atoms. The molecule has 0 fully saturated rings. The largest absolute Gasteiger partial charge is 0.493 e. The van der Waals surface area contributed by atoms with Crippen molar-refractivity contribution in [1.82, 2.24) is 9.97 Å². The van der Waals surface area contributed by atoms with E-state index < -0.39 is 10.0 Å². The summed E-state index contributed by atoms with van der Waals surface area (Å²) in [6, 6.07) is 13.9. The average molecular weight is 474 g/mol. The van der Waals surface area contributed by atoms with Crippen molar-refractivity contribution in [3.63, 3.8) is 0 Å². The lowest BCUT2D eigenvalue weighted by atomic mass is 10.2. The number of nitrogens with zero attached hydrogens (tertiary/aromatic N) is 3. The maximum Gasteiger partial charge on any atom is 0.266 e. The van der Waals surface area contributed by atoms with Crippen LogP contribution in [-0.4, -0.2) is 32.6 Å². The molecule has 0 aliphatic rings. The lowest BCUT2D eigenvalue weighted by Gasteiger charge is -2.20. The van der Waals surface area contributed by atoms with E-state index in [9.17, 15) is 8.42 Å². The van der Waals surface area contributed by atoms with Crippen LogP contribution in [0.25, 0.3) is 10.6 Å². The fourth-order valence-electron chi connectivity index (χ4n) is 2.94. The van der Waals surface area contributed by atoms with Crippen molar-refractivity contribution >= 4 is 37.8 Å². The zero-order valence-electron chi connectivity index (χ0n) is 16.8. The molecule has 0 saturated heterocycles. The Morgan fingerprint density at radius 3 is 2.45 bits per heavy atom. The summed E-state index contributed by atoms with van der Waals surface area (Å²) < 4.78 is 38.6. The normalized spacial score (nSPS) is 11.3. The second-order valence-electron chi connectivity index (χ2n) is 6.35. The quantitative estimate of drug-likeness (QED) is 0.370. The number of sulfonamides is 1. The molecule has 0 radical (unpaired) electrons. The van der Waals surface area contributed by atoms with Crippen LogP contribution in [0, 0.1) is 0 Å². The van der Waals surface area contributed by atoms with E-state index in [1.807, 2.05) is 23.6 Å². The van der Waals surface area contributed by atoms with E-state index in [0.29, 0.717) is 22.3 Å². The first-order valence-electron chi connectivity index (χ1n) is 9.17. The third-order valence-corrected chi connectivity index (χ3v) is 8.05. The molecular formula is C21H19N3O4S3. The van der Waals surface area contributed by atoms with Crippen molar-refractivity contribution in [3.05, 3.63) is 71.2 Å². The molecular weight excluding hydrogens is 454 g/mol. The second-order valence-corrected chi connectivity index (χ2v) is 9.95. The SMILES string of the molecule is COc1ccc(-c2nc(CN(c3nccs3)S(=O)(=O)c3ccccc3)cs2)cc1OC. The van der Waals surface area contributed by atoms with Gasteiger partial charge in [0.15, 0.2) is 16.6 Å². The van der Waals surface area contributed by atoms with Crippen molar-refractivity contribution in [1.29, 1.82) is 0 Å². The molecule has 4 aromatic rings. The third-order valence-electron chi connectivity index (χ3n) is 4.45. The molecule has 0 amide bonds. The first-order valence-corrected chi connectivity index (χ1v) is 12.4. The van der Waals surface area contributed by atoms with Crippen LogP contribution in [-0.2, 0) is 16.6 Å². The lowest BCUT2D eigenvalue weighted by molar-refractivity contribution is 0.355. The van der Waals surface area contributed by atoms with Gasteiger partial charge in [0.1, 0.15) is 5.01 Å². The predicted molar refractivity (Wildman–Crippen MR) is 123 cm³/mol. The van der Waals surface area contributed by atoms with Gasteiger partial charge in [-0.2, -0.15) is 0 Å². The van der Waals surface area contributed by atoms with E-state index in [1.54, 1.807) is 56.1 Å². The van der Waals surface area contributed by atoms with Crippen LogP contribution in [0.5, 0.6) is 11.5 Å². The Hall–Kier alpha value is -2.95. The number of benzene rings is 2. The van der Waals surface area contributed by atoms with Crippen LogP contribution in [0.2, 0.25) is 0 Å². The van der Waals surface area contributed by atoms with Gasteiger partial charge in [0.25, 0.3) is 10.0 Å². The van der Waals surface area contributed by atoms with Crippen molar-refractivity contribution in [2.45, 2.75) is 11.4 Å². The topological polar surface area (TPSA) is 81.6 Å². The molecule has 2 aromatic carbocycles. The summed E-state index contributed by atoms with van der Waals surface area (Å²) in [7, 11) is -0.627. The molecule has 0 spiro atoms. The Kier molecular flexibility index (Phi) is 6.21. The molecule has 4 rings (SSSR count). The molecule has 0 unspecified atom stereocenters. The van der Waals surface area contributed by atoms with Gasteiger partial charge in [-0.05, 0) is 30.3 Å². The van der Waals surface area contributed by atoms with Crippen LogP contribution >= 0.6 is 22.7 Å². The van der Waals surface area contributed by atoms with E-state index in [1.165, 1.54) is 27.0 Å². The monoisotopic (exact) mass is 473 g/mol. The smallest absolute Gasteiger partial charge is 0.266 e. The van der Waals surface area contributed by atoms with Crippen LogP contribution in [0.15, 0.2) is 70.4 Å². The van der Waals surface area contributed by atoms with Gasteiger partial charge in [0, 0.05) is 22.5 Å². The number of rotatable bonds is 8. The van der Waals surface area contributed by atoms with Gasteiger partial charge in [-0.25, -0.2) is 22.7 Å². The molecule has 0 aliphatic heterocycles. The molecule has 2 heterocycles. The van der Waals surface area contributed by atoms with Gasteiger partial charge in [0.2, 0.25) is 0 Å². The van der Waals surface area contributed by atoms with Gasteiger partial charge in [-0.15, -0.1) is 22.7 Å². The summed E-state index contributed by atoms with van der Waals surface area (Å²) >= 11 is 2.70. The van der Waals surface area contributed by atoms with Gasteiger partial charge in [-0.1, -0.05) is 18.2 Å².